The highest BCUT2D eigenvalue weighted by atomic mass is 19.1. The number of rotatable bonds is 4. The van der Waals surface area contributed by atoms with Gasteiger partial charge in [-0.15, -0.1) is 10.2 Å². The van der Waals surface area contributed by atoms with Crippen LogP contribution in [-0.2, 0) is 4.74 Å². The van der Waals surface area contributed by atoms with Gasteiger partial charge in [-0.1, -0.05) is 0 Å². The molecule has 2 aromatic heterocycles. The minimum Gasteiger partial charge on any atom is -0.444 e. The van der Waals surface area contributed by atoms with Crippen LogP contribution in [0.5, 0.6) is 0 Å². The standard InChI is InChI=1S/C21H25FN8O2/c1-21(2,3)32-20(31)29-10-8-28(9-11-29)19-26-17(25-16-6-4-15(22)5-7-16)12-18(27-19)30-13-23-24-14-30/h4-7,12-14H,8-11H2,1-3H3,(H,25,26,27). The number of ether oxygens (including phenoxy) is 1. The minimum absolute atomic E-state index is 0.313. The van der Waals surface area contributed by atoms with Crippen LogP contribution in [0.2, 0.25) is 0 Å². The van der Waals surface area contributed by atoms with Gasteiger partial charge >= 0.3 is 6.09 Å². The lowest BCUT2D eigenvalue weighted by Crippen LogP contribution is -2.50. The van der Waals surface area contributed by atoms with E-state index in [-0.39, 0.29) is 11.9 Å². The van der Waals surface area contributed by atoms with Crippen molar-refractivity contribution in [1.82, 2.24) is 29.6 Å². The van der Waals surface area contributed by atoms with Crippen LogP contribution in [0.3, 0.4) is 0 Å². The molecule has 0 unspecified atom stereocenters. The monoisotopic (exact) mass is 440 g/mol. The Labute approximate surface area is 185 Å². The number of aromatic nitrogens is 5. The Morgan fingerprint density at radius 1 is 1.03 bits per heavy atom. The molecule has 0 aliphatic carbocycles. The van der Waals surface area contributed by atoms with Crippen molar-refractivity contribution >= 4 is 23.5 Å². The van der Waals surface area contributed by atoms with Crippen molar-refractivity contribution in [3.05, 3.63) is 48.8 Å². The van der Waals surface area contributed by atoms with E-state index in [0.717, 1.165) is 0 Å². The predicted octanol–water partition coefficient (Wildman–Crippen LogP) is 3.00. The summed E-state index contributed by atoms with van der Waals surface area (Å²) in [5.41, 5.74) is 0.159. The van der Waals surface area contributed by atoms with Gasteiger partial charge in [0.15, 0.2) is 0 Å². The van der Waals surface area contributed by atoms with Crippen molar-refractivity contribution in [2.45, 2.75) is 26.4 Å². The van der Waals surface area contributed by atoms with E-state index in [1.165, 1.54) is 12.1 Å². The molecule has 3 heterocycles. The number of halogens is 1. The van der Waals surface area contributed by atoms with Gasteiger partial charge in [0.25, 0.3) is 0 Å². The molecule has 1 saturated heterocycles. The zero-order valence-corrected chi connectivity index (χ0v) is 18.2. The summed E-state index contributed by atoms with van der Waals surface area (Å²) in [7, 11) is 0. The summed E-state index contributed by atoms with van der Waals surface area (Å²) >= 11 is 0. The Bertz CT molecular complexity index is 1060. The van der Waals surface area contributed by atoms with Crippen LogP contribution in [0.25, 0.3) is 5.82 Å². The first kappa shape index (κ1) is 21.5. The van der Waals surface area contributed by atoms with Gasteiger partial charge in [0.1, 0.15) is 35.7 Å². The molecule has 1 fully saturated rings. The van der Waals surface area contributed by atoms with E-state index in [0.29, 0.717) is 49.5 Å². The first-order chi connectivity index (χ1) is 15.3. The van der Waals surface area contributed by atoms with Gasteiger partial charge < -0.3 is 19.9 Å². The molecule has 3 aromatic rings. The maximum Gasteiger partial charge on any atom is 0.410 e. The molecule has 0 radical (unpaired) electrons. The molecule has 0 atom stereocenters. The fourth-order valence-corrected chi connectivity index (χ4v) is 3.18. The molecule has 0 saturated carbocycles. The molecule has 0 spiro atoms. The number of anilines is 3. The molecule has 168 valence electrons. The molecule has 32 heavy (non-hydrogen) atoms. The summed E-state index contributed by atoms with van der Waals surface area (Å²) in [6.45, 7) is 7.65. The largest absolute Gasteiger partial charge is 0.444 e. The molecule has 1 aromatic carbocycles. The molecule has 10 nitrogen and oxygen atoms in total. The fraction of sp³-hybridized carbons (Fsp3) is 0.381. The first-order valence-corrected chi connectivity index (χ1v) is 10.3. The van der Waals surface area contributed by atoms with Gasteiger partial charge in [0.2, 0.25) is 5.95 Å². The summed E-state index contributed by atoms with van der Waals surface area (Å²) in [4.78, 5) is 25.3. The molecule has 1 aliphatic rings. The number of carbonyl (C=O) groups excluding carboxylic acids is 1. The maximum absolute atomic E-state index is 13.2. The van der Waals surface area contributed by atoms with Gasteiger partial charge in [0, 0.05) is 37.9 Å². The molecule has 1 aliphatic heterocycles. The third-order valence-corrected chi connectivity index (χ3v) is 4.71. The van der Waals surface area contributed by atoms with E-state index >= 15 is 0 Å². The number of benzene rings is 1. The Morgan fingerprint density at radius 3 is 2.31 bits per heavy atom. The average Bonchev–Trinajstić information content (AvgIpc) is 3.29. The van der Waals surface area contributed by atoms with E-state index in [1.54, 1.807) is 40.3 Å². The Morgan fingerprint density at radius 2 is 1.69 bits per heavy atom. The molecule has 11 heteroatoms. The Hall–Kier alpha value is -3.76. The van der Waals surface area contributed by atoms with E-state index < -0.39 is 5.60 Å². The molecule has 0 bridgehead atoms. The second-order valence-electron chi connectivity index (χ2n) is 8.37. The van der Waals surface area contributed by atoms with Crippen molar-refractivity contribution < 1.29 is 13.9 Å². The smallest absolute Gasteiger partial charge is 0.410 e. The highest BCUT2D eigenvalue weighted by Crippen LogP contribution is 2.22. The summed E-state index contributed by atoms with van der Waals surface area (Å²) in [5.74, 6) is 1.32. The number of nitrogens with one attached hydrogen (secondary N) is 1. The van der Waals surface area contributed by atoms with Crippen molar-refractivity contribution in [2.75, 3.05) is 36.4 Å². The van der Waals surface area contributed by atoms with Crippen LogP contribution < -0.4 is 10.2 Å². The average molecular weight is 440 g/mol. The molecule has 4 rings (SSSR count). The van der Waals surface area contributed by atoms with Crippen molar-refractivity contribution in [3.63, 3.8) is 0 Å². The maximum atomic E-state index is 13.2. The van der Waals surface area contributed by atoms with Crippen molar-refractivity contribution in [2.24, 2.45) is 0 Å². The van der Waals surface area contributed by atoms with Gasteiger partial charge in [-0.05, 0) is 45.0 Å². The summed E-state index contributed by atoms with van der Waals surface area (Å²) in [6.07, 6.45) is 2.78. The zero-order valence-electron chi connectivity index (χ0n) is 18.2. The summed E-state index contributed by atoms with van der Waals surface area (Å²) in [6, 6.07) is 7.78. The molecule has 1 amide bonds. The van der Waals surface area contributed by atoms with Crippen LogP contribution in [0, 0.1) is 5.82 Å². The SMILES string of the molecule is CC(C)(C)OC(=O)N1CCN(c2nc(Nc3ccc(F)cc3)cc(-n3cnnc3)n2)CC1. The number of nitrogens with zero attached hydrogens (tertiary/aromatic N) is 7. The third kappa shape index (κ3) is 5.29. The van der Waals surface area contributed by atoms with Crippen LogP contribution in [-0.4, -0.2) is 67.5 Å². The van der Waals surface area contributed by atoms with Crippen molar-refractivity contribution in [1.29, 1.82) is 0 Å². The number of carbonyl (C=O) groups is 1. The van der Waals surface area contributed by atoms with Crippen LogP contribution >= 0.6 is 0 Å². The van der Waals surface area contributed by atoms with Gasteiger partial charge in [-0.3, -0.25) is 4.57 Å². The van der Waals surface area contributed by atoms with Gasteiger partial charge in [0.05, 0.1) is 0 Å². The lowest BCUT2D eigenvalue weighted by atomic mass is 10.2. The van der Waals surface area contributed by atoms with Gasteiger partial charge in [-0.2, -0.15) is 9.97 Å². The Balaban J connectivity index is 1.53. The molecular weight excluding hydrogens is 415 g/mol. The Kier molecular flexibility index (Phi) is 5.89. The minimum atomic E-state index is -0.536. The highest BCUT2D eigenvalue weighted by Gasteiger charge is 2.27. The number of hydrogen-bond acceptors (Lipinski definition) is 8. The highest BCUT2D eigenvalue weighted by molar-refractivity contribution is 5.68. The second-order valence-corrected chi connectivity index (χ2v) is 8.37. The number of piperazine rings is 1. The molecule has 1 N–H and O–H groups in total. The van der Waals surface area contributed by atoms with E-state index in [2.05, 4.69) is 25.5 Å². The third-order valence-electron chi connectivity index (χ3n) is 4.71. The lowest BCUT2D eigenvalue weighted by molar-refractivity contribution is 0.0240. The summed E-state index contributed by atoms with van der Waals surface area (Å²) in [5, 5.41) is 10.9. The van der Waals surface area contributed by atoms with Crippen LogP contribution in [0.15, 0.2) is 43.0 Å². The number of hydrogen-bond donors (Lipinski definition) is 1. The number of amides is 1. The van der Waals surface area contributed by atoms with Gasteiger partial charge in [-0.25, -0.2) is 9.18 Å². The topological polar surface area (TPSA) is 101 Å². The van der Waals surface area contributed by atoms with E-state index in [9.17, 15) is 9.18 Å². The lowest BCUT2D eigenvalue weighted by Gasteiger charge is -2.35. The first-order valence-electron chi connectivity index (χ1n) is 10.3. The summed E-state index contributed by atoms with van der Waals surface area (Å²) < 4.78 is 20.4. The quantitative estimate of drug-likeness (QED) is 0.661. The predicted molar refractivity (Wildman–Crippen MR) is 117 cm³/mol. The molecular formula is C21H25FN8O2. The van der Waals surface area contributed by atoms with E-state index in [4.69, 9.17) is 4.74 Å². The van der Waals surface area contributed by atoms with Crippen LogP contribution in [0.1, 0.15) is 20.8 Å². The van der Waals surface area contributed by atoms with Crippen molar-refractivity contribution in [3.8, 4) is 5.82 Å². The normalized spacial score (nSPS) is 14.4. The van der Waals surface area contributed by atoms with Crippen LogP contribution in [0.4, 0.5) is 26.6 Å². The second kappa shape index (κ2) is 8.77. The zero-order chi connectivity index (χ0) is 22.7. The van der Waals surface area contributed by atoms with E-state index in [1.807, 2.05) is 25.7 Å². The fourth-order valence-electron chi connectivity index (χ4n) is 3.18.